The van der Waals surface area contributed by atoms with Crippen molar-refractivity contribution >= 4 is 29.7 Å². The number of aromatic nitrogens is 2. The van der Waals surface area contributed by atoms with Crippen molar-refractivity contribution in [3.8, 4) is 0 Å². The van der Waals surface area contributed by atoms with Gasteiger partial charge in [-0.25, -0.2) is 9.78 Å². The average molecular weight is 469 g/mol. The number of nitrogens with zero attached hydrogens (tertiary/aromatic N) is 1. The topological polar surface area (TPSA) is 217 Å². The molecule has 1 aromatic rings. The summed E-state index contributed by atoms with van der Waals surface area (Å²) in [6.45, 7) is 6.75. The summed E-state index contributed by atoms with van der Waals surface area (Å²) >= 11 is 0. The van der Waals surface area contributed by atoms with E-state index in [-0.39, 0.29) is 12.3 Å². The third kappa shape index (κ3) is 8.88. The van der Waals surface area contributed by atoms with Crippen LogP contribution in [0.25, 0.3) is 0 Å². The molecule has 1 rings (SSSR count). The maximum Gasteiger partial charge on any atom is 0.326 e. The molecule has 0 aliphatic heterocycles. The molecule has 0 aliphatic carbocycles. The Balaban J connectivity index is 3.03. The highest BCUT2D eigenvalue weighted by atomic mass is 16.4. The standard InChI is InChI=1S/C20H32N6O7/c1-9(2)15(21)18(30)24-12(5-11-7-22-8-23-11)17(29)26-16(10(3)4)19(31)25-13(20(32)33)6-14(27)28/h7-10,12-13,15-16H,5-6,21H2,1-4H3,(H,22,23)(H,24,30)(H,25,31)(H,26,29)(H,27,28)(H,32,33). The Kier molecular flexibility index (Phi) is 10.5. The molecular formula is C20H32N6O7. The molecule has 0 spiro atoms. The SMILES string of the molecule is CC(C)C(N)C(=O)NC(Cc1cnc[nH]1)C(=O)NC(C(=O)NC(CC(=O)O)C(=O)O)C(C)C. The maximum absolute atomic E-state index is 13.0. The molecule has 13 heteroatoms. The molecule has 4 unspecified atom stereocenters. The zero-order valence-corrected chi connectivity index (χ0v) is 19.0. The van der Waals surface area contributed by atoms with E-state index < -0.39 is 66.2 Å². The number of carboxylic acid groups (broad SMARTS) is 2. The van der Waals surface area contributed by atoms with Crippen molar-refractivity contribution in [2.24, 2.45) is 17.6 Å². The number of carbonyl (C=O) groups is 5. The molecule has 0 aromatic carbocycles. The molecule has 0 bridgehead atoms. The van der Waals surface area contributed by atoms with Crippen molar-refractivity contribution in [1.29, 1.82) is 0 Å². The fourth-order valence-corrected chi connectivity index (χ4v) is 2.82. The summed E-state index contributed by atoms with van der Waals surface area (Å²) in [4.78, 5) is 67.0. The summed E-state index contributed by atoms with van der Waals surface area (Å²) in [5.74, 6) is -5.71. The molecule has 1 heterocycles. The number of aromatic amines is 1. The van der Waals surface area contributed by atoms with Crippen LogP contribution >= 0.6 is 0 Å². The molecule has 0 radical (unpaired) electrons. The largest absolute Gasteiger partial charge is 0.481 e. The highest BCUT2D eigenvalue weighted by molar-refractivity contribution is 5.94. The van der Waals surface area contributed by atoms with Crippen molar-refractivity contribution in [3.63, 3.8) is 0 Å². The van der Waals surface area contributed by atoms with Crippen LogP contribution in [-0.4, -0.2) is 74.0 Å². The van der Waals surface area contributed by atoms with Gasteiger partial charge >= 0.3 is 11.9 Å². The summed E-state index contributed by atoms with van der Waals surface area (Å²) in [5, 5.41) is 25.3. The molecule has 0 saturated carbocycles. The lowest BCUT2D eigenvalue weighted by Gasteiger charge is -2.27. The first-order valence-electron chi connectivity index (χ1n) is 10.4. The smallest absolute Gasteiger partial charge is 0.326 e. The van der Waals surface area contributed by atoms with Gasteiger partial charge in [0, 0.05) is 18.3 Å². The highest BCUT2D eigenvalue weighted by Crippen LogP contribution is 2.07. The van der Waals surface area contributed by atoms with Crippen molar-refractivity contribution < 1.29 is 34.2 Å². The molecule has 0 fully saturated rings. The van der Waals surface area contributed by atoms with Crippen molar-refractivity contribution in [2.45, 2.75) is 64.7 Å². The van der Waals surface area contributed by atoms with Gasteiger partial charge in [0.15, 0.2) is 0 Å². The van der Waals surface area contributed by atoms with Crippen LogP contribution < -0.4 is 21.7 Å². The molecule has 1 aromatic heterocycles. The summed E-state index contributed by atoms with van der Waals surface area (Å²) < 4.78 is 0. The molecule has 4 atom stereocenters. The Labute approximate surface area is 190 Å². The van der Waals surface area contributed by atoms with Crippen molar-refractivity contribution in [1.82, 2.24) is 25.9 Å². The molecule has 0 aliphatic rings. The summed E-state index contributed by atoms with van der Waals surface area (Å²) in [5.41, 5.74) is 6.42. The van der Waals surface area contributed by atoms with Crippen LogP contribution in [0.3, 0.4) is 0 Å². The van der Waals surface area contributed by atoms with Gasteiger partial charge in [-0.3, -0.25) is 19.2 Å². The van der Waals surface area contributed by atoms with Crippen molar-refractivity contribution in [2.75, 3.05) is 0 Å². The molecule has 33 heavy (non-hydrogen) atoms. The van der Waals surface area contributed by atoms with Gasteiger partial charge in [0.1, 0.15) is 18.1 Å². The lowest BCUT2D eigenvalue weighted by atomic mass is 10.0. The number of hydrogen-bond acceptors (Lipinski definition) is 7. The number of imidazole rings is 1. The van der Waals surface area contributed by atoms with Gasteiger partial charge in [-0.1, -0.05) is 27.7 Å². The molecular weight excluding hydrogens is 436 g/mol. The molecule has 13 nitrogen and oxygen atoms in total. The van der Waals surface area contributed by atoms with Crippen LogP contribution in [0.15, 0.2) is 12.5 Å². The Bertz CT molecular complexity index is 840. The van der Waals surface area contributed by atoms with Gasteiger partial charge in [0.2, 0.25) is 17.7 Å². The molecule has 0 saturated heterocycles. The number of carbonyl (C=O) groups excluding carboxylic acids is 3. The summed E-state index contributed by atoms with van der Waals surface area (Å²) in [7, 11) is 0. The average Bonchev–Trinajstić information content (AvgIpc) is 3.22. The lowest BCUT2D eigenvalue weighted by molar-refractivity contribution is -0.147. The minimum atomic E-state index is -1.67. The first-order chi connectivity index (χ1) is 15.3. The predicted octanol–water partition coefficient (Wildman–Crippen LogP) is -1.39. The second-order valence-electron chi connectivity index (χ2n) is 8.34. The number of rotatable bonds is 13. The minimum absolute atomic E-state index is 0.0333. The fraction of sp³-hybridized carbons (Fsp3) is 0.600. The van der Waals surface area contributed by atoms with E-state index in [0.29, 0.717) is 5.69 Å². The van der Waals surface area contributed by atoms with Gasteiger partial charge in [0.05, 0.1) is 18.8 Å². The van der Waals surface area contributed by atoms with E-state index in [4.69, 9.17) is 15.9 Å². The third-order valence-electron chi connectivity index (χ3n) is 4.87. The van der Waals surface area contributed by atoms with E-state index >= 15 is 0 Å². The monoisotopic (exact) mass is 468 g/mol. The van der Waals surface area contributed by atoms with Gasteiger partial charge in [0.25, 0.3) is 0 Å². The van der Waals surface area contributed by atoms with E-state index in [1.54, 1.807) is 27.7 Å². The van der Waals surface area contributed by atoms with Gasteiger partial charge in [-0.2, -0.15) is 0 Å². The second kappa shape index (κ2) is 12.5. The fourth-order valence-electron chi connectivity index (χ4n) is 2.82. The third-order valence-corrected chi connectivity index (χ3v) is 4.87. The summed E-state index contributed by atoms with van der Waals surface area (Å²) in [6, 6.07) is -4.82. The molecule has 184 valence electrons. The zero-order chi connectivity index (χ0) is 25.3. The van der Waals surface area contributed by atoms with E-state index in [9.17, 15) is 24.0 Å². The molecule has 8 N–H and O–H groups in total. The van der Waals surface area contributed by atoms with Crippen LogP contribution in [0, 0.1) is 11.8 Å². The zero-order valence-electron chi connectivity index (χ0n) is 19.0. The number of nitrogens with two attached hydrogens (primary N) is 1. The quantitative estimate of drug-likeness (QED) is 0.181. The maximum atomic E-state index is 13.0. The highest BCUT2D eigenvalue weighted by Gasteiger charge is 2.33. The Morgan fingerprint density at radius 1 is 0.939 bits per heavy atom. The number of carboxylic acids is 2. The van der Waals surface area contributed by atoms with Crippen LogP contribution in [0.5, 0.6) is 0 Å². The Morgan fingerprint density at radius 2 is 1.55 bits per heavy atom. The van der Waals surface area contributed by atoms with E-state index in [2.05, 4.69) is 25.9 Å². The predicted molar refractivity (Wildman–Crippen MR) is 116 cm³/mol. The van der Waals surface area contributed by atoms with E-state index in [1.807, 2.05) is 0 Å². The first kappa shape index (κ1) is 27.6. The molecule has 3 amide bonds. The van der Waals surface area contributed by atoms with Crippen LogP contribution in [0.1, 0.15) is 39.8 Å². The number of aliphatic carboxylic acids is 2. The number of H-pyrrole nitrogens is 1. The Morgan fingerprint density at radius 3 is 2.00 bits per heavy atom. The van der Waals surface area contributed by atoms with Crippen LogP contribution in [-0.2, 0) is 30.4 Å². The van der Waals surface area contributed by atoms with E-state index in [1.165, 1.54) is 12.5 Å². The number of amides is 3. The minimum Gasteiger partial charge on any atom is -0.481 e. The van der Waals surface area contributed by atoms with E-state index in [0.717, 1.165) is 0 Å². The summed E-state index contributed by atoms with van der Waals surface area (Å²) in [6.07, 6.45) is 2.09. The van der Waals surface area contributed by atoms with Gasteiger partial charge < -0.3 is 36.9 Å². The second-order valence-corrected chi connectivity index (χ2v) is 8.34. The lowest BCUT2D eigenvalue weighted by Crippen LogP contribution is -2.59. The van der Waals surface area contributed by atoms with Crippen LogP contribution in [0.4, 0.5) is 0 Å². The first-order valence-corrected chi connectivity index (χ1v) is 10.4. The van der Waals surface area contributed by atoms with Gasteiger partial charge in [-0.05, 0) is 11.8 Å². The normalized spacial score (nSPS) is 14.8. The van der Waals surface area contributed by atoms with Crippen LogP contribution in [0.2, 0.25) is 0 Å². The number of nitrogens with one attached hydrogen (secondary N) is 4. The Hall–Kier alpha value is -3.48. The van der Waals surface area contributed by atoms with Crippen molar-refractivity contribution in [3.05, 3.63) is 18.2 Å². The number of hydrogen-bond donors (Lipinski definition) is 7. The van der Waals surface area contributed by atoms with Gasteiger partial charge in [-0.15, -0.1) is 0 Å².